The highest BCUT2D eigenvalue weighted by Gasteiger charge is 2.46. The molecule has 0 unspecified atom stereocenters. The van der Waals surface area contributed by atoms with Crippen molar-refractivity contribution in [2.45, 2.75) is 31.2 Å². The molecular weight excluding hydrogens is 148 g/mol. The van der Waals surface area contributed by atoms with Gasteiger partial charge in [-0.05, 0) is 51.2 Å². The summed E-state index contributed by atoms with van der Waals surface area (Å²) in [7, 11) is 0. The zero-order valence-electron chi connectivity index (χ0n) is 7.68. The molecular formula is C10H18N2. The predicted octanol–water partition coefficient (Wildman–Crippen LogP) is 0.834. The van der Waals surface area contributed by atoms with E-state index in [1.807, 2.05) is 0 Å². The highest BCUT2D eigenvalue weighted by molar-refractivity contribution is 5.04. The van der Waals surface area contributed by atoms with Crippen LogP contribution in [0, 0.1) is 5.92 Å². The van der Waals surface area contributed by atoms with Crippen molar-refractivity contribution in [3.63, 3.8) is 0 Å². The molecule has 0 aromatic heterocycles. The summed E-state index contributed by atoms with van der Waals surface area (Å²) >= 11 is 0. The van der Waals surface area contributed by atoms with Crippen LogP contribution < -0.4 is 5.32 Å². The van der Waals surface area contributed by atoms with Crippen LogP contribution in [0.25, 0.3) is 0 Å². The number of piperidine rings is 3. The predicted molar refractivity (Wildman–Crippen MR) is 49.1 cm³/mol. The van der Waals surface area contributed by atoms with Crippen LogP contribution in [0.3, 0.4) is 0 Å². The molecule has 4 fully saturated rings. The normalized spacial score (nSPS) is 52.0. The van der Waals surface area contributed by atoms with E-state index >= 15 is 0 Å². The lowest BCUT2D eigenvalue weighted by molar-refractivity contribution is -0.0167. The molecule has 2 heteroatoms. The first-order valence-electron chi connectivity index (χ1n) is 5.35. The molecule has 1 spiro atoms. The molecule has 2 nitrogen and oxygen atoms in total. The standard InChI is InChI=1S/C10H18N2/c1-5-12-6-2-9(1)7-10(12)3-4-11-8-10/h9,11H,1-8H2/t10-/m0/s1. The molecule has 0 aliphatic carbocycles. The minimum absolute atomic E-state index is 0.612. The summed E-state index contributed by atoms with van der Waals surface area (Å²) in [5.74, 6) is 1.06. The first-order valence-corrected chi connectivity index (χ1v) is 5.35. The smallest absolute Gasteiger partial charge is 0.0348 e. The molecule has 4 aliphatic heterocycles. The van der Waals surface area contributed by atoms with Gasteiger partial charge in [0.1, 0.15) is 0 Å². The summed E-state index contributed by atoms with van der Waals surface area (Å²) in [5.41, 5.74) is 0.612. The zero-order chi connectivity index (χ0) is 8.02. The van der Waals surface area contributed by atoms with E-state index in [1.54, 1.807) is 0 Å². The molecule has 4 rings (SSSR count). The number of fused-ring (bicyclic) bond motifs is 2. The van der Waals surface area contributed by atoms with Crippen LogP contribution in [-0.4, -0.2) is 36.6 Å². The molecule has 4 aliphatic rings. The fourth-order valence-corrected chi connectivity index (χ4v) is 3.45. The van der Waals surface area contributed by atoms with E-state index in [0.29, 0.717) is 5.54 Å². The Bertz CT molecular complexity index is 176. The van der Waals surface area contributed by atoms with Gasteiger partial charge in [-0.25, -0.2) is 0 Å². The molecule has 1 N–H and O–H groups in total. The Balaban J connectivity index is 1.86. The first-order chi connectivity index (χ1) is 5.89. The van der Waals surface area contributed by atoms with E-state index in [1.165, 1.54) is 51.9 Å². The summed E-state index contributed by atoms with van der Waals surface area (Å²) in [4.78, 5) is 2.76. The number of hydrogen-bond acceptors (Lipinski definition) is 2. The SMILES string of the molecule is C1C[C@@]2(CN1)CC1CCN2CC1. The van der Waals surface area contributed by atoms with Crippen molar-refractivity contribution in [2.24, 2.45) is 5.92 Å². The highest BCUT2D eigenvalue weighted by atomic mass is 15.3. The van der Waals surface area contributed by atoms with E-state index in [0.717, 1.165) is 5.92 Å². The maximum absolute atomic E-state index is 3.53. The molecule has 12 heavy (non-hydrogen) atoms. The summed E-state index contributed by atoms with van der Waals surface area (Å²) in [6, 6.07) is 0. The fraction of sp³-hybridized carbons (Fsp3) is 1.00. The average molecular weight is 166 g/mol. The van der Waals surface area contributed by atoms with Gasteiger partial charge in [-0.15, -0.1) is 0 Å². The Kier molecular flexibility index (Phi) is 1.50. The molecule has 0 aromatic rings. The van der Waals surface area contributed by atoms with E-state index in [-0.39, 0.29) is 0 Å². The minimum Gasteiger partial charge on any atom is -0.315 e. The number of rotatable bonds is 0. The van der Waals surface area contributed by atoms with Crippen molar-refractivity contribution >= 4 is 0 Å². The van der Waals surface area contributed by atoms with Crippen LogP contribution >= 0.6 is 0 Å². The molecule has 4 heterocycles. The first kappa shape index (κ1) is 7.34. The van der Waals surface area contributed by atoms with Gasteiger partial charge in [-0.2, -0.15) is 0 Å². The third-order valence-corrected chi connectivity index (χ3v) is 4.18. The average Bonchev–Trinajstić information content (AvgIpc) is 2.55. The van der Waals surface area contributed by atoms with E-state index in [2.05, 4.69) is 10.2 Å². The Morgan fingerprint density at radius 1 is 1.25 bits per heavy atom. The molecule has 4 saturated heterocycles. The van der Waals surface area contributed by atoms with Crippen molar-refractivity contribution in [3.05, 3.63) is 0 Å². The van der Waals surface area contributed by atoms with Crippen LogP contribution in [0.5, 0.6) is 0 Å². The molecule has 0 saturated carbocycles. The van der Waals surface area contributed by atoms with E-state index in [4.69, 9.17) is 0 Å². The van der Waals surface area contributed by atoms with Gasteiger partial charge in [-0.1, -0.05) is 0 Å². The van der Waals surface area contributed by atoms with Crippen molar-refractivity contribution in [1.29, 1.82) is 0 Å². The van der Waals surface area contributed by atoms with Crippen molar-refractivity contribution < 1.29 is 0 Å². The Labute approximate surface area is 74.3 Å². The second-order valence-electron chi connectivity index (χ2n) is 4.79. The molecule has 0 aromatic carbocycles. The summed E-state index contributed by atoms with van der Waals surface area (Å²) in [5, 5.41) is 3.53. The third-order valence-electron chi connectivity index (χ3n) is 4.18. The lowest BCUT2D eigenvalue weighted by atomic mass is 9.74. The lowest BCUT2D eigenvalue weighted by Gasteiger charge is -2.52. The molecule has 0 amide bonds. The van der Waals surface area contributed by atoms with Crippen molar-refractivity contribution in [1.82, 2.24) is 10.2 Å². The topological polar surface area (TPSA) is 15.3 Å². The third kappa shape index (κ3) is 0.882. The lowest BCUT2D eigenvalue weighted by Crippen LogP contribution is -2.59. The maximum Gasteiger partial charge on any atom is 0.0348 e. The van der Waals surface area contributed by atoms with Gasteiger partial charge in [-0.3, -0.25) is 4.90 Å². The number of nitrogens with one attached hydrogen (secondary N) is 1. The Hall–Kier alpha value is -0.0800. The van der Waals surface area contributed by atoms with Crippen molar-refractivity contribution in [3.8, 4) is 0 Å². The quantitative estimate of drug-likeness (QED) is 0.573. The summed E-state index contributed by atoms with van der Waals surface area (Å²) in [6.45, 7) is 5.28. The maximum atomic E-state index is 3.53. The largest absolute Gasteiger partial charge is 0.315 e. The van der Waals surface area contributed by atoms with Gasteiger partial charge >= 0.3 is 0 Å². The van der Waals surface area contributed by atoms with Crippen LogP contribution in [0.4, 0.5) is 0 Å². The number of nitrogens with zero attached hydrogens (tertiary/aromatic N) is 1. The van der Waals surface area contributed by atoms with Gasteiger partial charge < -0.3 is 5.32 Å². The van der Waals surface area contributed by atoms with E-state index in [9.17, 15) is 0 Å². The highest BCUT2D eigenvalue weighted by Crippen LogP contribution is 2.41. The van der Waals surface area contributed by atoms with E-state index < -0.39 is 0 Å². The molecule has 68 valence electrons. The number of hydrogen-bond donors (Lipinski definition) is 1. The van der Waals surface area contributed by atoms with Crippen LogP contribution in [0.15, 0.2) is 0 Å². The molecule has 2 bridgehead atoms. The van der Waals surface area contributed by atoms with Gasteiger partial charge in [0.2, 0.25) is 0 Å². The second-order valence-corrected chi connectivity index (χ2v) is 4.79. The van der Waals surface area contributed by atoms with Crippen molar-refractivity contribution in [2.75, 3.05) is 26.2 Å². The summed E-state index contributed by atoms with van der Waals surface area (Å²) in [6.07, 6.45) is 5.84. The summed E-state index contributed by atoms with van der Waals surface area (Å²) < 4.78 is 0. The molecule has 1 atom stereocenters. The Morgan fingerprint density at radius 3 is 2.58 bits per heavy atom. The van der Waals surface area contributed by atoms with Gasteiger partial charge in [0, 0.05) is 12.1 Å². The van der Waals surface area contributed by atoms with Crippen LogP contribution in [-0.2, 0) is 0 Å². The van der Waals surface area contributed by atoms with Crippen LogP contribution in [0.2, 0.25) is 0 Å². The van der Waals surface area contributed by atoms with Gasteiger partial charge in [0.05, 0.1) is 0 Å². The minimum atomic E-state index is 0.612. The fourth-order valence-electron chi connectivity index (χ4n) is 3.45. The molecule has 0 radical (unpaired) electrons. The zero-order valence-corrected chi connectivity index (χ0v) is 7.68. The van der Waals surface area contributed by atoms with Crippen LogP contribution in [0.1, 0.15) is 25.7 Å². The Morgan fingerprint density at radius 2 is 2.08 bits per heavy atom. The van der Waals surface area contributed by atoms with Gasteiger partial charge in [0.15, 0.2) is 0 Å². The second kappa shape index (κ2) is 2.46. The van der Waals surface area contributed by atoms with Gasteiger partial charge in [0.25, 0.3) is 0 Å². The monoisotopic (exact) mass is 166 g/mol.